The maximum Gasteiger partial charge on any atom is 0.415 e. The van der Waals surface area contributed by atoms with Gasteiger partial charge in [-0.2, -0.15) is 0 Å². The molecule has 2 aromatic carbocycles. The van der Waals surface area contributed by atoms with Crippen LogP contribution in [0.4, 0.5) is 4.79 Å². The Kier molecular flexibility index (Phi) is 8.98. The third-order valence-electron chi connectivity index (χ3n) is 5.78. The van der Waals surface area contributed by atoms with Crippen molar-refractivity contribution in [2.75, 3.05) is 60.0 Å². The Bertz CT molecular complexity index is 834. The molecule has 1 saturated heterocycles. The lowest BCUT2D eigenvalue weighted by atomic mass is 10.1. The fourth-order valence-corrected chi connectivity index (χ4v) is 3.88. The first-order valence-electron chi connectivity index (χ1n) is 11.6. The normalized spacial score (nSPS) is 14.7. The van der Waals surface area contributed by atoms with Gasteiger partial charge in [-0.1, -0.05) is 18.6 Å². The van der Waals surface area contributed by atoms with Crippen LogP contribution in [0.3, 0.4) is 0 Å². The molecule has 6 nitrogen and oxygen atoms in total. The molecule has 6 heteroatoms. The topological polar surface area (TPSA) is 45.3 Å². The van der Waals surface area contributed by atoms with Crippen molar-refractivity contribution < 1.29 is 14.3 Å². The van der Waals surface area contributed by atoms with Crippen LogP contribution in [0.1, 0.15) is 32.6 Å². The van der Waals surface area contributed by atoms with E-state index in [-0.39, 0.29) is 6.09 Å². The van der Waals surface area contributed by atoms with E-state index in [9.17, 15) is 4.79 Å². The van der Waals surface area contributed by atoms with Crippen molar-refractivity contribution in [3.8, 4) is 11.5 Å². The number of carbonyl (C=O) groups excluding carboxylic acids is 1. The molecule has 0 unspecified atom stereocenters. The molecule has 0 bridgehead atoms. The minimum atomic E-state index is -0.308. The van der Waals surface area contributed by atoms with Crippen molar-refractivity contribution in [2.24, 2.45) is 0 Å². The summed E-state index contributed by atoms with van der Waals surface area (Å²) in [6, 6.07) is 11.8. The SMILES string of the molecule is CCN(CCN(C)C)C(=O)Oc1ccc2cc(OCCCN3CCCCC3)ccc2c1. The number of hydrogen-bond acceptors (Lipinski definition) is 5. The fourth-order valence-electron chi connectivity index (χ4n) is 3.88. The Labute approximate surface area is 186 Å². The molecule has 31 heavy (non-hydrogen) atoms. The van der Waals surface area contributed by atoms with Crippen molar-refractivity contribution in [1.29, 1.82) is 0 Å². The molecule has 0 saturated carbocycles. The third kappa shape index (κ3) is 7.40. The van der Waals surface area contributed by atoms with Gasteiger partial charge in [-0.05, 0) is 88.4 Å². The number of amides is 1. The van der Waals surface area contributed by atoms with E-state index in [1.807, 2.05) is 51.4 Å². The zero-order valence-electron chi connectivity index (χ0n) is 19.3. The number of rotatable bonds is 10. The number of nitrogens with zero attached hydrogens (tertiary/aromatic N) is 3. The monoisotopic (exact) mass is 427 g/mol. The molecule has 0 radical (unpaired) electrons. The fraction of sp³-hybridized carbons (Fsp3) is 0.560. The molecule has 3 rings (SSSR count). The molecule has 2 aromatic rings. The van der Waals surface area contributed by atoms with Gasteiger partial charge >= 0.3 is 6.09 Å². The van der Waals surface area contributed by atoms with E-state index in [4.69, 9.17) is 9.47 Å². The zero-order chi connectivity index (χ0) is 22.1. The summed E-state index contributed by atoms with van der Waals surface area (Å²) in [5, 5.41) is 2.11. The molecule has 1 amide bonds. The van der Waals surface area contributed by atoms with Gasteiger partial charge in [0.25, 0.3) is 0 Å². The quantitative estimate of drug-likeness (QED) is 0.523. The minimum Gasteiger partial charge on any atom is -0.494 e. The second-order valence-corrected chi connectivity index (χ2v) is 8.53. The standard InChI is InChI=1S/C25H37N3O3/c1-4-28(17-16-26(2)3)25(29)31-24-12-10-21-19-23(11-9-22(21)20-24)30-18-8-15-27-13-6-5-7-14-27/h9-12,19-20H,4-8,13-18H2,1-3H3. The average Bonchev–Trinajstić information content (AvgIpc) is 2.77. The van der Waals surface area contributed by atoms with Gasteiger partial charge in [0.05, 0.1) is 6.61 Å². The molecule has 0 spiro atoms. The number of benzene rings is 2. The molecule has 0 N–H and O–H groups in total. The van der Waals surface area contributed by atoms with Crippen LogP contribution < -0.4 is 9.47 Å². The molecule has 0 aliphatic carbocycles. The lowest BCUT2D eigenvalue weighted by Gasteiger charge is -2.26. The summed E-state index contributed by atoms with van der Waals surface area (Å²) >= 11 is 0. The maximum absolute atomic E-state index is 12.5. The Morgan fingerprint density at radius 2 is 1.65 bits per heavy atom. The molecule has 1 aliphatic rings. The maximum atomic E-state index is 12.5. The van der Waals surface area contributed by atoms with Crippen LogP contribution in [-0.4, -0.2) is 80.8 Å². The summed E-state index contributed by atoms with van der Waals surface area (Å²) in [7, 11) is 3.99. The lowest BCUT2D eigenvalue weighted by Crippen LogP contribution is -2.38. The van der Waals surface area contributed by atoms with E-state index >= 15 is 0 Å². The van der Waals surface area contributed by atoms with Gasteiger partial charge in [0, 0.05) is 26.2 Å². The first-order chi connectivity index (χ1) is 15.0. The molecule has 1 heterocycles. The number of piperidine rings is 1. The Hall–Kier alpha value is -2.31. The van der Waals surface area contributed by atoms with E-state index < -0.39 is 0 Å². The van der Waals surface area contributed by atoms with Gasteiger partial charge in [0.15, 0.2) is 0 Å². The first-order valence-corrected chi connectivity index (χ1v) is 11.6. The molecule has 0 atom stereocenters. The number of carbonyl (C=O) groups is 1. The van der Waals surface area contributed by atoms with Gasteiger partial charge in [-0.15, -0.1) is 0 Å². The highest BCUT2D eigenvalue weighted by atomic mass is 16.6. The molecule has 0 aromatic heterocycles. The largest absolute Gasteiger partial charge is 0.494 e. The summed E-state index contributed by atoms with van der Waals surface area (Å²) in [6.45, 7) is 8.35. The van der Waals surface area contributed by atoms with Crippen LogP contribution in [0.15, 0.2) is 36.4 Å². The summed E-state index contributed by atoms with van der Waals surface area (Å²) < 4.78 is 11.6. The second kappa shape index (κ2) is 11.9. The van der Waals surface area contributed by atoms with Crippen molar-refractivity contribution in [3.63, 3.8) is 0 Å². The summed E-state index contributed by atoms with van der Waals surface area (Å²) in [5.74, 6) is 1.45. The highest BCUT2D eigenvalue weighted by molar-refractivity contribution is 5.86. The van der Waals surface area contributed by atoms with Crippen LogP contribution in [0, 0.1) is 0 Å². The predicted molar refractivity (Wildman–Crippen MR) is 126 cm³/mol. The Balaban J connectivity index is 1.51. The highest BCUT2D eigenvalue weighted by Gasteiger charge is 2.14. The van der Waals surface area contributed by atoms with Gasteiger partial charge < -0.3 is 24.2 Å². The number of hydrogen-bond donors (Lipinski definition) is 0. The third-order valence-corrected chi connectivity index (χ3v) is 5.78. The van der Waals surface area contributed by atoms with Gasteiger partial charge in [-0.3, -0.25) is 0 Å². The predicted octanol–water partition coefficient (Wildman–Crippen LogP) is 4.48. The Morgan fingerprint density at radius 3 is 2.32 bits per heavy atom. The highest BCUT2D eigenvalue weighted by Crippen LogP contribution is 2.25. The van der Waals surface area contributed by atoms with Crippen LogP contribution >= 0.6 is 0 Å². The Morgan fingerprint density at radius 1 is 0.968 bits per heavy atom. The van der Waals surface area contributed by atoms with Crippen molar-refractivity contribution in [3.05, 3.63) is 36.4 Å². The van der Waals surface area contributed by atoms with Crippen molar-refractivity contribution in [2.45, 2.75) is 32.6 Å². The summed E-state index contributed by atoms with van der Waals surface area (Å²) in [4.78, 5) is 18.8. The minimum absolute atomic E-state index is 0.308. The average molecular weight is 428 g/mol. The molecule has 1 aliphatic heterocycles. The lowest BCUT2D eigenvalue weighted by molar-refractivity contribution is 0.150. The van der Waals surface area contributed by atoms with Crippen molar-refractivity contribution in [1.82, 2.24) is 14.7 Å². The number of likely N-dealkylation sites (tertiary alicyclic amines) is 1. The summed E-state index contributed by atoms with van der Waals surface area (Å²) in [6.07, 6.45) is 4.77. The number of likely N-dealkylation sites (N-methyl/N-ethyl adjacent to an activating group) is 2. The zero-order valence-corrected chi connectivity index (χ0v) is 19.3. The van der Waals surface area contributed by atoms with Crippen LogP contribution in [0.2, 0.25) is 0 Å². The van der Waals surface area contributed by atoms with Crippen LogP contribution in [0.5, 0.6) is 11.5 Å². The first kappa shape index (κ1) is 23.4. The number of ether oxygens (including phenoxy) is 2. The van der Waals surface area contributed by atoms with E-state index in [0.29, 0.717) is 18.8 Å². The van der Waals surface area contributed by atoms with Gasteiger partial charge in [-0.25, -0.2) is 4.79 Å². The molecule has 170 valence electrons. The van der Waals surface area contributed by atoms with E-state index in [1.165, 1.54) is 32.4 Å². The molecular formula is C25H37N3O3. The van der Waals surface area contributed by atoms with Gasteiger partial charge in [0.2, 0.25) is 0 Å². The smallest absolute Gasteiger partial charge is 0.415 e. The van der Waals surface area contributed by atoms with E-state index in [1.54, 1.807) is 4.90 Å². The van der Waals surface area contributed by atoms with Crippen molar-refractivity contribution >= 4 is 16.9 Å². The second-order valence-electron chi connectivity index (χ2n) is 8.53. The van der Waals surface area contributed by atoms with Crippen LogP contribution in [0.25, 0.3) is 10.8 Å². The number of fused-ring (bicyclic) bond motifs is 1. The van der Waals surface area contributed by atoms with Crippen LogP contribution in [-0.2, 0) is 0 Å². The summed E-state index contributed by atoms with van der Waals surface area (Å²) in [5.41, 5.74) is 0. The van der Waals surface area contributed by atoms with Gasteiger partial charge in [0.1, 0.15) is 11.5 Å². The van der Waals surface area contributed by atoms with E-state index in [2.05, 4.69) is 15.9 Å². The molecule has 1 fully saturated rings. The molecular weight excluding hydrogens is 390 g/mol. The van der Waals surface area contributed by atoms with E-state index in [0.717, 1.165) is 42.6 Å².